The minimum absolute atomic E-state index is 0.439. The number of hydrogen-bond acceptors (Lipinski definition) is 3. The molecule has 0 amide bonds. The van der Waals surface area contributed by atoms with E-state index in [1.165, 1.54) is 5.52 Å². The molecular formula is C15H23N3O. The molecule has 0 radical (unpaired) electrons. The third-order valence-corrected chi connectivity index (χ3v) is 3.39. The highest BCUT2D eigenvalue weighted by Crippen LogP contribution is 2.22. The lowest BCUT2D eigenvalue weighted by molar-refractivity contribution is 0.415. The van der Waals surface area contributed by atoms with E-state index < -0.39 is 0 Å². The van der Waals surface area contributed by atoms with Crippen LogP contribution in [0.1, 0.15) is 26.6 Å². The maximum atomic E-state index is 5.26. The molecule has 0 aliphatic carbocycles. The number of likely N-dealkylation sites (N-methyl/N-ethyl adjacent to an activating group) is 1. The van der Waals surface area contributed by atoms with Crippen molar-refractivity contribution in [2.45, 2.75) is 39.8 Å². The van der Waals surface area contributed by atoms with Crippen LogP contribution in [0.25, 0.3) is 11.0 Å². The molecule has 1 heterocycles. The standard InChI is InChI=1S/C15H23N3O/c1-5-16-11(3)9-15-17-13-10-12(19-4)7-8-14(13)18(15)6-2/h7-8,10-11,16H,5-6,9H2,1-4H3. The van der Waals surface area contributed by atoms with E-state index in [0.717, 1.165) is 36.6 Å². The van der Waals surface area contributed by atoms with E-state index in [0.29, 0.717) is 6.04 Å². The van der Waals surface area contributed by atoms with Gasteiger partial charge in [0.25, 0.3) is 0 Å². The Morgan fingerprint density at radius 2 is 2.16 bits per heavy atom. The minimum Gasteiger partial charge on any atom is -0.497 e. The second kappa shape index (κ2) is 6.06. The summed E-state index contributed by atoms with van der Waals surface area (Å²) in [7, 11) is 1.69. The van der Waals surface area contributed by atoms with Gasteiger partial charge in [0.2, 0.25) is 0 Å². The Labute approximate surface area is 114 Å². The van der Waals surface area contributed by atoms with Crippen LogP contribution in [-0.4, -0.2) is 29.2 Å². The van der Waals surface area contributed by atoms with Gasteiger partial charge in [-0.25, -0.2) is 4.98 Å². The number of ether oxygens (including phenoxy) is 1. The van der Waals surface area contributed by atoms with Crippen molar-refractivity contribution in [1.29, 1.82) is 0 Å². The van der Waals surface area contributed by atoms with E-state index in [4.69, 9.17) is 9.72 Å². The molecule has 104 valence electrons. The number of hydrogen-bond donors (Lipinski definition) is 1. The van der Waals surface area contributed by atoms with Gasteiger partial charge in [-0.05, 0) is 32.5 Å². The molecule has 1 aromatic heterocycles. The molecule has 0 aliphatic heterocycles. The number of nitrogens with zero attached hydrogens (tertiary/aromatic N) is 2. The summed E-state index contributed by atoms with van der Waals surface area (Å²) in [5, 5.41) is 3.43. The Morgan fingerprint density at radius 3 is 2.79 bits per heavy atom. The fourth-order valence-corrected chi connectivity index (χ4v) is 2.49. The second-order valence-corrected chi connectivity index (χ2v) is 4.79. The average molecular weight is 261 g/mol. The fraction of sp³-hybridized carbons (Fsp3) is 0.533. The van der Waals surface area contributed by atoms with Crippen LogP contribution in [0.3, 0.4) is 0 Å². The molecule has 4 heteroatoms. The minimum atomic E-state index is 0.439. The van der Waals surface area contributed by atoms with Crippen LogP contribution in [0.2, 0.25) is 0 Å². The molecule has 0 saturated carbocycles. The molecular weight excluding hydrogens is 238 g/mol. The van der Waals surface area contributed by atoms with E-state index >= 15 is 0 Å². The number of aromatic nitrogens is 2. The number of rotatable bonds is 6. The maximum absolute atomic E-state index is 5.26. The first-order valence-corrected chi connectivity index (χ1v) is 6.96. The van der Waals surface area contributed by atoms with Gasteiger partial charge in [0, 0.05) is 25.1 Å². The Morgan fingerprint density at radius 1 is 1.37 bits per heavy atom. The van der Waals surface area contributed by atoms with Crippen LogP contribution in [0, 0.1) is 0 Å². The number of fused-ring (bicyclic) bond motifs is 1. The van der Waals surface area contributed by atoms with Gasteiger partial charge in [-0.3, -0.25) is 0 Å². The summed E-state index contributed by atoms with van der Waals surface area (Å²) in [4.78, 5) is 4.76. The van der Waals surface area contributed by atoms with Crippen molar-refractivity contribution in [3.63, 3.8) is 0 Å². The molecule has 0 fully saturated rings. The van der Waals surface area contributed by atoms with E-state index in [-0.39, 0.29) is 0 Å². The molecule has 1 aromatic carbocycles. The summed E-state index contributed by atoms with van der Waals surface area (Å²) in [5.41, 5.74) is 2.20. The second-order valence-electron chi connectivity index (χ2n) is 4.79. The zero-order valence-corrected chi connectivity index (χ0v) is 12.2. The van der Waals surface area contributed by atoms with Crippen LogP contribution in [-0.2, 0) is 13.0 Å². The number of imidazole rings is 1. The van der Waals surface area contributed by atoms with E-state index in [1.54, 1.807) is 7.11 Å². The number of aryl methyl sites for hydroxylation is 1. The first-order chi connectivity index (χ1) is 9.19. The third-order valence-electron chi connectivity index (χ3n) is 3.39. The highest BCUT2D eigenvalue weighted by atomic mass is 16.5. The van der Waals surface area contributed by atoms with Crippen molar-refractivity contribution >= 4 is 11.0 Å². The van der Waals surface area contributed by atoms with Gasteiger partial charge in [-0.1, -0.05) is 6.92 Å². The Kier molecular flexibility index (Phi) is 4.43. The smallest absolute Gasteiger partial charge is 0.121 e. The summed E-state index contributed by atoms with van der Waals surface area (Å²) >= 11 is 0. The van der Waals surface area contributed by atoms with Crippen LogP contribution in [0.5, 0.6) is 5.75 Å². The first kappa shape index (κ1) is 13.9. The molecule has 19 heavy (non-hydrogen) atoms. The molecule has 0 saturated heterocycles. The van der Waals surface area contributed by atoms with Gasteiger partial charge in [0.15, 0.2) is 0 Å². The molecule has 4 nitrogen and oxygen atoms in total. The summed E-state index contributed by atoms with van der Waals surface area (Å²) < 4.78 is 7.54. The summed E-state index contributed by atoms with van der Waals surface area (Å²) in [6.45, 7) is 8.42. The molecule has 2 aromatic rings. The number of methoxy groups -OCH3 is 1. The van der Waals surface area contributed by atoms with Crippen molar-refractivity contribution in [2.24, 2.45) is 0 Å². The first-order valence-electron chi connectivity index (χ1n) is 6.96. The lowest BCUT2D eigenvalue weighted by Gasteiger charge is -2.12. The van der Waals surface area contributed by atoms with Crippen LogP contribution < -0.4 is 10.1 Å². The van der Waals surface area contributed by atoms with E-state index in [1.807, 2.05) is 12.1 Å². The van der Waals surface area contributed by atoms with Crippen LogP contribution in [0.4, 0.5) is 0 Å². The Hall–Kier alpha value is -1.55. The predicted molar refractivity (Wildman–Crippen MR) is 78.8 cm³/mol. The Balaban J connectivity index is 2.37. The predicted octanol–water partition coefficient (Wildman–Crippen LogP) is 2.61. The highest BCUT2D eigenvalue weighted by molar-refractivity contribution is 5.77. The molecule has 1 atom stereocenters. The van der Waals surface area contributed by atoms with Crippen molar-refractivity contribution < 1.29 is 4.74 Å². The summed E-state index contributed by atoms with van der Waals surface area (Å²) in [6.07, 6.45) is 0.943. The molecule has 2 rings (SSSR count). The summed E-state index contributed by atoms with van der Waals surface area (Å²) in [6, 6.07) is 6.52. The largest absolute Gasteiger partial charge is 0.497 e. The van der Waals surface area contributed by atoms with Gasteiger partial charge in [-0.15, -0.1) is 0 Å². The zero-order chi connectivity index (χ0) is 13.8. The molecule has 1 N–H and O–H groups in total. The van der Waals surface area contributed by atoms with Crippen LogP contribution >= 0.6 is 0 Å². The van der Waals surface area contributed by atoms with E-state index in [2.05, 4.69) is 36.7 Å². The molecule has 0 aliphatic rings. The van der Waals surface area contributed by atoms with Crippen molar-refractivity contribution in [2.75, 3.05) is 13.7 Å². The summed E-state index contributed by atoms with van der Waals surface area (Å²) in [5.74, 6) is 2.00. The monoisotopic (exact) mass is 261 g/mol. The molecule has 1 unspecified atom stereocenters. The van der Waals surface area contributed by atoms with Gasteiger partial charge < -0.3 is 14.6 Å². The molecule has 0 bridgehead atoms. The Bertz CT molecular complexity index is 548. The van der Waals surface area contributed by atoms with Crippen molar-refractivity contribution in [1.82, 2.24) is 14.9 Å². The highest BCUT2D eigenvalue weighted by Gasteiger charge is 2.12. The third kappa shape index (κ3) is 2.89. The van der Waals surface area contributed by atoms with Gasteiger partial charge in [0.05, 0.1) is 18.1 Å². The van der Waals surface area contributed by atoms with Crippen molar-refractivity contribution in [3.05, 3.63) is 24.0 Å². The fourth-order valence-electron chi connectivity index (χ4n) is 2.49. The molecule has 0 spiro atoms. The van der Waals surface area contributed by atoms with Crippen molar-refractivity contribution in [3.8, 4) is 5.75 Å². The van der Waals surface area contributed by atoms with Gasteiger partial charge in [-0.2, -0.15) is 0 Å². The SMILES string of the molecule is CCNC(C)Cc1nc2cc(OC)ccc2n1CC. The lowest BCUT2D eigenvalue weighted by Crippen LogP contribution is -2.28. The quantitative estimate of drug-likeness (QED) is 0.868. The zero-order valence-electron chi connectivity index (χ0n) is 12.2. The van der Waals surface area contributed by atoms with Gasteiger partial charge in [0.1, 0.15) is 11.6 Å². The normalized spacial score (nSPS) is 12.8. The van der Waals surface area contributed by atoms with Gasteiger partial charge >= 0.3 is 0 Å². The van der Waals surface area contributed by atoms with Crippen LogP contribution in [0.15, 0.2) is 18.2 Å². The number of nitrogens with one attached hydrogen (secondary N) is 1. The van der Waals surface area contributed by atoms with E-state index in [9.17, 15) is 0 Å². The topological polar surface area (TPSA) is 39.1 Å². The lowest BCUT2D eigenvalue weighted by atomic mass is 10.2. The maximum Gasteiger partial charge on any atom is 0.121 e. The average Bonchev–Trinajstić information content (AvgIpc) is 2.74. The number of benzene rings is 1.